The monoisotopic (exact) mass is 463 g/mol. The van der Waals surface area contributed by atoms with E-state index < -0.39 is 17.3 Å². The molecule has 2 atom stereocenters. The maximum Gasteiger partial charge on any atom is 0.318 e. The molecule has 9 heteroatoms. The minimum Gasteiger partial charge on any atom is -0.468 e. The van der Waals surface area contributed by atoms with E-state index in [9.17, 15) is 19.2 Å². The Kier molecular flexibility index (Phi) is 8.88. The van der Waals surface area contributed by atoms with Crippen molar-refractivity contribution in [2.45, 2.75) is 57.8 Å². The molecule has 1 aliphatic carbocycles. The highest BCUT2D eigenvalue weighted by atomic mass is 16.5. The summed E-state index contributed by atoms with van der Waals surface area (Å²) < 4.78 is 10.3. The van der Waals surface area contributed by atoms with Gasteiger partial charge in [-0.25, -0.2) is 0 Å². The van der Waals surface area contributed by atoms with E-state index in [1.54, 1.807) is 12.0 Å². The molecule has 9 nitrogen and oxygen atoms in total. The van der Waals surface area contributed by atoms with Gasteiger partial charge in [0.2, 0.25) is 17.7 Å². The van der Waals surface area contributed by atoms with Crippen molar-refractivity contribution < 1.29 is 28.7 Å². The van der Waals surface area contributed by atoms with Crippen LogP contribution in [0.5, 0.6) is 0 Å². The minimum absolute atomic E-state index is 0.0608. The predicted octanol–water partition coefficient (Wildman–Crippen LogP) is 1.62. The number of carbonyl (C=O) groups is 4. The lowest BCUT2D eigenvalue weighted by atomic mass is 9.71. The van der Waals surface area contributed by atoms with Crippen LogP contribution in [0.2, 0.25) is 0 Å². The lowest BCUT2D eigenvalue weighted by molar-refractivity contribution is -0.155. The SMILES string of the molecule is COCCCN1C(=O)[C@H](CC(=O)NCCCN2CCCC2=O)[C@]2(C(=O)OC)CCCCC=C12. The molecule has 0 saturated carbocycles. The zero-order chi connectivity index (χ0) is 23.8. The van der Waals surface area contributed by atoms with E-state index in [2.05, 4.69) is 5.32 Å². The van der Waals surface area contributed by atoms with E-state index in [0.717, 1.165) is 32.2 Å². The molecule has 2 saturated heterocycles. The van der Waals surface area contributed by atoms with Gasteiger partial charge >= 0.3 is 5.97 Å². The summed E-state index contributed by atoms with van der Waals surface area (Å²) in [5.41, 5.74) is -0.423. The van der Waals surface area contributed by atoms with Crippen molar-refractivity contribution in [2.75, 3.05) is 47.0 Å². The standard InChI is InChI=1S/C24H37N3O6/c1-32-16-8-15-27-19-9-4-3-5-11-24(19,23(31)33-2)18(22(27)30)17-20(28)25-12-7-14-26-13-6-10-21(26)29/h9,18H,3-8,10-17H2,1-2H3,(H,25,28)/t18-,24+/m0/s1. The normalized spacial score (nSPS) is 25.0. The molecule has 2 heterocycles. The summed E-state index contributed by atoms with van der Waals surface area (Å²) in [6.45, 7) is 2.77. The number of rotatable bonds is 11. The summed E-state index contributed by atoms with van der Waals surface area (Å²) in [4.78, 5) is 54.7. The lowest BCUT2D eigenvalue weighted by Crippen LogP contribution is -2.41. The molecule has 0 bridgehead atoms. The number of hydrogen-bond donors (Lipinski definition) is 1. The summed E-state index contributed by atoms with van der Waals surface area (Å²) >= 11 is 0. The summed E-state index contributed by atoms with van der Waals surface area (Å²) in [5.74, 6) is -1.51. The molecular formula is C24H37N3O6. The Balaban J connectivity index is 1.70. The first-order valence-electron chi connectivity index (χ1n) is 12.1. The smallest absolute Gasteiger partial charge is 0.318 e. The Morgan fingerprint density at radius 1 is 1.15 bits per heavy atom. The highest BCUT2D eigenvalue weighted by Crippen LogP contribution is 2.52. The molecule has 3 aliphatic rings. The second kappa shape index (κ2) is 11.6. The average molecular weight is 464 g/mol. The van der Waals surface area contributed by atoms with Gasteiger partial charge in [-0.3, -0.25) is 19.2 Å². The number of ether oxygens (including phenoxy) is 2. The third-order valence-electron chi connectivity index (χ3n) is 7.04. The Hall–Kier alpha value is -2.42. The van der Waals surface area contributed by atoms with Crippen molar-refractivity contribution in [2.24, 2.45) is 11.3 Å². The van der Waals surface area contributed by atoms with Crippen LogP contribution in [0, 0.1) is 11.3 Å². The van der Waals surface area contributed by atoms with Gasteiger partial charge in [-0.1, -0.05) is 12.5 Å². The molecule has 33 heavy (non-hydrogen) atoms. The molecule has 0 unspecified atom stereocenters. The van der Waals surface area contributed by atoms with Crippen LogP contribution >= 0.6 is 0 Å². The van der Waals surface area contributed by atoms with Gasteiger partial charge in [0.1, 0.15) is 5.41 Å². The first-order chi connectivity index (χ1) is 16.0. The number of amides is 3. The molecule has 2 fully saturated rings. The lowest BCUT2D eigenvalue weighted by Gasteiger charge is -2.31. The molecule has 0 aromatic heterocycles. The minimum atomic E-state index is -1.12. The van der Waals surface area contributed by atoms with Gasteiger partial charge in [-0.05, 0) is 38.5 Å². The summed E-state index contributed by atoms with van der Waals surface area (Å²) in [5, 5.41) is 2.88. The molecule has 3 amide bonds. The van der Waals surface area contributed by atoms with Crippen LogP contribution in [-0.2, 0) is 28.7 Å². The number of allylic oxidation sites excluding steroid dienone is 1. The van der Waals surface area contributed by atoms with Gasteiger partial charge in [-0.2, -0.15) is 0 Å². The summed E-state index contributed by atoms with van der Waals surface area (Å²) in [6.07, 6.45) is 7.71. The molecule has 0 radical (unpaired) electrons. The van der Waals surface area contributed by atoms with E-state index in [1.165, 1.54) is 7.11 Å². The largest absolute Gasteiger partial charge is 0.468 e. The van der Waals surface area contributed by atoms with Crippen molar-refractivity contribution in [3.05, 3.63) is 11.8 Å². The first kappa shape index (κ1) is 25.2. The molecule has 3 rings (SSSR count). The molecule has 0 aromatic rings. The van der Waals surface area contributed by atoms with Crippen molar-refractivity contribution in [3.63, 3.8) is 0 Å². The van der Waals surface area contributed by atoms with Gasteiger partial charge in [0.25, 0.3) is 0 Å². The third-order valence-corrected chi connectivity index (χ3v) is 7.04. The molecule has 184 valence electrons. The third kappa shape index (κ3) is 5.39. The number of fused-ring (bicyclic) bond motifs is 1. The van der Waals surface area contributed by atoms with Crippen molar-refractivity contribution in [1.29, 1.82) is 0 Å². The van der Waals surface area contributed by atoms with Crippen LogP contribution in [0.4, 0.5) is 0 Å². The number of hydrogen-bond acceptors (Lipinski definition) is 6. The number of likely N-dealkylation sites (tertiary alicyclic amines) is 2. The number of esters is 1. The number of methoxy groups -OCH3 is 2. The number of carbonyl (C=O) groups excluding carboxylic acids is 4. The van der Waals surface area contributed by atoms with Crippen LogP contribution in [0.1, 0.15) is 57.8 Å². The maximum absolute atomic E-state index is 13.5. The molecule has 2 aliphatic heterocycles. The topological polar surface area (TPSA) is 105 Å². The van der Waals surface area contributed by atoms with Crippen molar-refractivity contribution in [3.8, 4) is 0 Å². The second-order valence-electron chi connectivity index (χ2n) is 9.08. The van der Waals surface area contributed by atoms with Gasteiger partial charge in [0, 0.05) is 58.4 Å². The molecule has 0 aromatic carbocycles. The van der Waals surface area contributed by atoms with E-state index >= 15 is 0 Å². The van der Waals surface area contributed by atoms with Crippen LogP contribution < -0.4 is 5.32 Å². The predicted molar refractivity (Wildman–Crippen MR) is 121 cm³/mol. The van der Waals surface area contributed by atoms with Crippen LogP contribution in [0.25, 0.3) is 0 Å². The van der Waals surface area contributed by atoms with Gasteiger partial charge < -0.3 is 24.6 Å². The zero-order valence-electron chi connectivity index (χ0n) is 19.9. The van der Waals surface area contributed by atoms with Crippen LogP contribution in [0.3, 0.4) is 0 Å². The van der Waals surface area contributed by atoms with E-state index in [4.69, 9.17) is 9.47 Å². The highest BCUT2D eigenvalue weighted by Gasteiger charge is 2.61. The molecule has 1 N–H and O–H groups in total. The highest BCUT2D eigenvalue weighted by molar-refractivity contribution is 5.98. The number of nitrogens with one attached hydrogen (secondary N) is 1. The van der Waals surface area contributed by atoms with E-state index in [1.807, 2.05) is 11.0 Å². The average Bonchev–Trinajstić information content (AvgIpc) is 3.20. The quantitative estimate of drug-likeness (QED) is 0.369. The van der Waals surface area contributed by atoms with Gasteiger partial charge in [-0.15, -0.1) is 0 Å². The molecular weight excluding hydrogens is 426 g/mol. The molecule has 0 spiro atoms. The van der Waals surface area contributed by atoms with Crippen molar-refractivity contribution in [1.82, 2.24) is 15.1 Å². The zero-order valence-corrected chi connectivity index (χ0v) is 19.9. The Morgan fingerprint density at radius 2 is 1.97 bits per heavy atom. The maximum atomic E-state index is 13.5. The number of nitrogens with zero attached hydrogens (tertiary/aromatic N) is 2. The summed E-state index contributed by atoms with van der Waals surface area (Å²) in [7, 11) is 2.96. The fraction of sp³-hybridized carbons (Fsp3) is 0.750. The summed E-state index contributed by atoms with van der Waals surface area (Å²) in [6, 6.07) is 0. The second-order valence-corrected chi connectivity index (χ2v) is 9.08. The Labute approximate surface area is 195 Å². The fourth-order valence-corrected chi connectivity index (χ4v) is 5.40. The van der Waals surface area contributed by atoms with E-state index in [-0.39, 0.29) is 24.1 Å². The first-order valence-corrected chi connectivity index (χ1v) is 12.1. The van der Waals surface area contributed by atoms with Gasteiger partial charge in [0.15, 0.2) is 0 Å². The van der Waals surface area contributed by atoms with Gasteiger partial charge in [0.05, 0.1) is 13.0 Å². The Morgan fingerprint density at radius 3 is 2.67 bits per heavy atom. The van der Waals surface area contributed by atoms with Crippen LogP contribution in [0.15, 0.2) is 11.8 Å². The Bertz CT molecular complexity index is 782. The fourth-order valence-electron chi connectivity index (χ4n) is 5.40. The van der Waals surface area contributed by atoms with E-state index in [0.29, 0.717) is 57.6 Å². The van der Waals surface area contributed by atoms with Crippen molar-refractivity contribution >= 4 is 23.7 Å². The van der Waals surface area contributed by atoms with Crippen LogP contribution in [-0.4, -0.2) is 80.5 Å².